The smallest absolute Gasteiger partial charge is 0.141 e. The SMILES string of the molecule is CNC(Cc1ccc(F)c(Cl)c1)c1sccc1Cl. The molecule has 0 aliphatic rings. The predicted molar refractivity (Wildman–Crippen MR) is 76.2 cm³/mol. The Bertz CT molecular complexity index is 542. The third kappa shape index (κ3) is 3.04. The van der Waals surface area contributed by atoms with Crippen LogP contribution in [0.5, 0.6) is 0 Å². The number of rotatable bonds is 4. The van der Waals surface area contributed by atoms with Gasteiger partial charge in [-0.25, -0.2) is 4.39 Å². The number of thiophene rings is 1. The fourth-order valence-corrected chi connectivity index (χ4v) is 3.29. The van der Waals surface area contributed by atoms with Crippen molar-refractivity contribution in [2.24, 2.45) is 0 Å². The Morgan fingerprint density at radius 2 is 2.06 bits per heavy atom. The number of nitrogens with one attached hydrogen (secondary N) is 1. The van der Waals surface area contributed by atoms with Gasteiger partial charge in [-0.1, -0.05) is 29.3 Å². The second kappa shape index (κ2) is 6.02. The third-order valence-electron chi connectivity index (χ3n) is 2.73. The van der Waals surface area contributed by atoms with Gasteiger partial charge in [-0.3, -0.25) is 0 Å². The molecule has 1 aromatic carbocycles. The van der Waals surface area contributed by atoms with E-state index in [1.807, 2.05) is 18.5 Å². The highest BCUT2D eigenvalue weighted by Gasteiger charge is 2.15. The van der Waals surface area contributed by atoms with E-state index >= 15 is 0 Å². The van der Waals surface area contributed by atoms with Crippen LogP contribution >= 0.6 is 34.5 Å². The first-order valence-corrected chi connectivity index (χ1v) is 7.09. The lowest BCUT2D eigenvalue weighted by molar-refractivity contribution is 0.598. The lowest BCUT2D eigenvalue weighted by atomic mass is 10.0. The van der Waals surface area contributed by atoms with E-state index in [0.29, 0.717) is 0 Å². The minimum Gasteiger partial charge on any atom is -0.312 e. The molecule has 0 aliphatic heterocycles. The quantitative estimate of drug-likeness (QED) is 0.863. The molecule has 0 saturated carbocycles. The summed E-state index contributed by atoms with van der Waals surface area (Å²) in [6, 6.07) is 6.78. The molecule has 0 spiro atoms. The Labute approximate surface area is 120 Å². The van der Waals surface area contributed by atoms with E-state index in [-0.39, 0.29) is 11.1 Å². The molecule has 0 radical (unpaired) electrons. The maximum atomic E-state index is 13.1. The molecule has 1 heterocycles. The highest BCUT2D eigenvalue weighted by molar-refractivity contribution is 7.10. The van der Waals surface area contributed by atoms with Gasteiger partial charge in [0.25, 0.3) is 0 Å². The third-order valence-corrected chi connectivity index (χ3v) is 4.50. The molecule has 1 nitrogen and oxygen atoms in total. The van der Waals surface area contributed by atoms with Gasteiger partial charge in [0.15, 0.2) is 0 Å². The van der Waals surface area contributed by atoms with Crippen LogP contribution in [0.3, 0.4) is 0 Å². The molecule has 0 fully saturated rings. The van der Waals surface area contributed by atoms with Crippen LogP contribution in [0, 0.1) is 5.82 Å². The number of halogens is 3. The molecule has 0 aliphatic carbocycles. The van der Waals surface area contributed by atoms with Gasteiger partial charge >= 0.3 is 0 Å². The van der Waals surface area contributed by atoms with Gasteiger partial charge in [0, 0.05) is 10.9 Å². The summed E-state index contributed by atoms with van der Waals surface area (Å²) in [4.78, 5) is 1.08. The van der Waals surface area contributed by atoms with Crippen LogP contribution in [-0.4, -0.2) is 7.05 Å². The van der Waals surface area contributed by atoms with Crippen LogP contribution in [0.1, 0.15) is 16.5 Å². The van der Waals surface area contributed by atoms with Gasteiger partial charge in [0.2, 0.25) is 0 Å². The van der Waals surface area contributed by atoms with E-state index in [2.05, 4.69) is 5.32 Å². The van der Waals surface area contributed by atoms with Crippen molar-refractivity contribution in [2.45, 2.75) is 12.5 Å². The molecule has 0 bridgehead atoms. The fraction of sp³-hybridized carbons (Fsp3) is 0.231. The molecule has 0 saturated heterocycles. The van der Waals surface area contributed by atoms with E-state index in [0.717, 1.165) is 21.9 Å². The van der Waals surface area contributed by atoms with E-state index in [4.69, 9.17) is 23.2 Å². The van der Waals surface area contributed by atoms with Gasteiger partial charge in [-0.05, 0) is 42.6 Å². The summed E-state index contributed by atoms with van der Waals surface area (Å²) in [6.07, 6.45) is 0.719. The highest BCUT2D eigenvalue weighted by Crippen LogP contribution is 2.31. The van der Waals surface area contributed by atoms with Crippen LogP contribution < -0.4 is 5.32 Å². The topological polar surface area (TPSA) is 12.0 Å². The minimum atomic E-state index is -0.393. The lowest BCUT2D eigenvalue weighted by Crippen LogP contribution is -2.18. The van der Waals surface area contributed by atoms with Gasteiger partial charge in [0.05, 0.1) is 10.0 Å². The monoisotopic (exact) mass is 303 g/mol. The fourth-order valence-electron chi connectivity index (χ4n) is 1.78. The zero-order chi connectivity index (χ0) is 13.1. The first-order valence-electron chi connectivity index (χ1n) is 5.46. The predicted octanol–water partition coefficient (Wildman–Crippen LogP) is 4.70. The van der Waals surface area contributed by atoms with Crippen molar-refractivity contribution in [1.82, 2.24) is 5.32 Å². The Morgan fingerprint density at radius 3 is 2.61 bits per heavy atom. The van der Waals surface area contributed by atoms with Crippen LogP contribution in [0.15, 0.2) is 29.6 Å². The van der Waals surface area contributed by atoms with E-state index < -0.39 is 5.82 Å². The molecular weight excluding hydrogens is 292 g/mol. The van der Waals surface area contributed by atoms with E-state index in [1.165, 1.54) is 6.07 Å². The molecule has 18 heavy (non-hydrogen) atoms. The molecule has 1 unspecified atom stereocenters. The Balaban J connectivity index is 2.20. The Morgan fingerprint density at radius 1 is 1.28 bits per heavy atom. The number of likely N-dealkylation sites (N-methyl/N-ethyl adjacent to an activating group) is 1. The van der Waals surface area contributed by atoms with Crippen molar-refractivity contribution >= 4 is 34.5 Å². The second-order valence-corrected chi connectivity index (χ2v) is 5.69. The molecule has 1 N–H and O–H groups in total. The van der Waals surface area contributed by atoms with Crippen LogP contribution in [-0.2, 0) is 6.42 Å². The average molecular weight is 304 g/mol. The van der Waals surface area contributed by atoms with Crippen molar-refractivity contribution in [1.29, 1.82) is 0 Å². The summed E-state index contributed by atoms with van der Waals surface area (Å²) in [5, 5.41) is 6.08. The number of hydrogen-bond acceptors (Lipinski definition) is 2. The molecule has 1 aromatic heterocycles. The molecule has 2 rings (SSSR count). The van der Waals surface area contributed by atoms with Crippen LogP contribution in [0.25, 0.3) is 0 Å². The summed E-state index contributed by atoms with van der Waals surface area (Å²) >= 11 is 13.5. The lowest BCUT2D eigenvalue weighted by Gasteiger charge is -2.15. The van der Waals surface area contributed by atoms with Crippen molar-refractivity contribution in [3.05, 3.63) is 55.9 Å². The molecule has 5 heteroatoms. The van der Waals surface area contributed by atoms with Gasteiger partial charge in [0.1, 0.15) is 5.82 Å². The van der Waals surface area contributed by atoms with Gasteiger partial charge in [-0.15, -0.1) is 11.3 Å². The number of benzene rings is 1. The summed E-state index contributed by atoms with van der Waals surface area (Å²) < 4.78 is 13.1. The molecular formula is C13H12Cl2FNS. The van der Waals surface area contributed by atoms with E-state index in [1.54, 1.807) is 23.5 Å². The standard InChI is InChI=1S/C13H12Cl2FNS/c1-17-12(13-9(14)4-5-18-13)7-8-2-3-11(16)10(15)6-8/h2-6,12,17H,7H2,1H3. The number of hydrogen-bond donors (Lipinski definition) is 1. The molecule has 96 valence electrons. The van der Waals surface area contributed by atoms with Crippen molar-refractivity contribution < 1.29 is 4.39 Å². The first-order chi connectivity index (χ1) is 8.61. The summed E-state index contributed by atoms with van der Waals surface area (Å²) in [5.41, 5.74) is 0.977. The molecule has 1 atom stereocenters. The van der Waals surface area contributed by atoms with Crippen LogP contribution in [0.4, 0.5) is 4.39 Å². The molecule has 0 amide bonds. The van der Waals surface area contributed by atoms with Gasteiger partial charge < -0.3 is 5.32 Å². The van der Waals surface area contributed by atoms with E-state index in [9.17, 15) is 4.39 Å². The zero-order valence-electron chi connectivity index (χ0n) is 9.71. The maximum Gasteiger partial charge on any atom is 0.141 e. The largest absolute Gasteiger partial charge is 0.312 e. The minimum absolute atomic E-state index is 0.110. The van der Waals surface area contributed by atoms with Gasteiger partial charge in [-0.2, -0.15) is 0 Å². The van der Waals surface area contributed by atoms with Crippen molar-refractivity contribution in [2.75, 3.05) is 7.05 Å². The molecule has 2 aromatic rings. The average Bonchev–Trinajstić information content (AvgIpc) is 2.77. The van der Waals surface area contributed by atoms with Crippen molar-refractivity contribution in [3.8, 4) is 0 Å². The summed E-state index contributed by atoms with van der Waals surface area (Å²) in [6.45, 7) is 0. The zero-order valence-corrected chi connectivity index (χ0v) is 12.0. The Hall–Kier alpha value is -0.610. The maximum absolute atomic E-state index is 13.1. The summed E-state index contributed by atoms with van der Waals surface area (Å²) in [7, 11) is 1.88. The first kappa shape index (κ1) is 13.8. The van der Waals surface area contributed by atoms with Crippen LogP contribution in [0.2, 0.25) is 10.0 Å². The summed E-state index contributed by atoms with van der Waals surface area (Å²) in [5.74, 6) is -0.393. The Kier molecular flexibility index (Phi) is 4.62. The second-order valence-electron chi connectivity index (χ2n) is 3.93. The normalized spacial score (nSPS) is 12.7. The highest BCUT2D eigenvalue weighted by atomic mass is 35.5. The van der Waals surface area contributed by atoms with Crippen molar-refractivity contribution in [3.63, 3.8) is 0 Å².